The van der Waals surface area contributed by atoms with Crippen molar-refractivity contribution in [3.05, 3.63) is 12.2 Å². The molecule has 0 bridgehead atoms. The summed E-state index contributed by atoms with van der Waals surface area (Å²) in [6.07, 6.45) is 44.1. The van der Waals surface area contributed by atoms with Gasteiger partial charge in [0.15, 0.2) is 12.6 Å². The van der Waals surface area contributed by atoms with E-state index < -0.39 is 86.8 Å². The molecule has 12 atom stereocenters. The number of nitrogens with one attached hydrogen (secondary N) is 1. The summed E-state index contributed by atoms with van der Waals surface area (Å²) in [5.74, 6) is -0.232. The first-order valence-corrected chi connectivity index (χ1v) is 33.4. The van der Waals surface area contributed by atoms with Crippen molar-refractivity contribution < 1.29 is 64.6 Å². The number of carbonyl (C=O) groups is 1. The molecule has 1 amide bonds. The molecule has 2 aliphatic heterocycles. The lowest BCUT2D eigenvalue weighted by atomic mass is 9.97. The van der Waals surface area contributed by atoms with Crippen LogP contribution in [0.1, 0.15) is 303 Å². The topological polar surface area (TPSA) is 228 Å². The zero-order valence-corrected chi connectivity index (χ0v) is 50.6. The van der Waals surface area contributed by atoms with E-state index in [1.165, 1.54) is 238 Å². The summed E-state index contributed by atoms with van der Waals surface area (Å²) in [7, 11) is 0. The molecule has 2 heterocycles. The number of amides is 1. The van der Waals surface area contributed by atoms with Crippen molar-refractivity contribution in [3.63, 3.8) is 0 Å². The maximum Gasteiger partial charge on any atom is 0.220 e. The maximum absolute atomic E-state index is 13.3. The van der Waals surface area contributed by atoms with Gasteiger partial charge in [-0.2, -0.15) is 0 Å². The van der Waals surface area contributed by atoms with Crippen molar-refractivity contribution in [3.8, 4) is 0 Å². The van der Waals surface area contributed by atoms with Crippen LogP contribution in [0.2, 0.25) is 0 Å². The highest BCUT2D eigenvalue weighted by Gasteiger charge is 2.51. The molecule has 2 fully saturated rings. The van der Waals surface area contributed by atoms with Crippen molar-refractivity contribution in [1.82, 2.24) is 5.32 Å². The Hall–Kier alpha value is -1.27. The van der Waals surface area contributed by atoms with Crippen LogP contribution in [0.3, 0.4) is 0 Å². The normalized spacial score (nSPS) is 24.4. The van der Waals surface area contributed by atoms with Crippen LogP contribution in [0.5, 0.6) is 0 Å². The van der Waals surface area contributed by atoms with Gasteiger partial charge in [-0.1, -0.05) is 289 Å². The second kappa shape index (κ2) is 51.2. The molecule has 468 valence electrons. The highest BCUT2D eigenvalue weighted by molar-refractivity contribution is 5.76. The summed E-state index contributed by atoms with van der Waals surface area (Å²) in [6, 6.07) is -0.910. The lowest BCUT2D eigenvalue weighted by Crippen LogP contribution is -2.65. The van der Waals surface area contributed by atoms with Crippen molar-refractivity contribution >= 4 is 5.91 Å². The van der Waals surface area contributed by atoms with Gasteiger partial charge in [0, 0.05) is 6.42 Å². The Kier molecular flexibility index (Phi) is 47.8. The number of rotatable bonds is 55. The molecular weight excluding hydrogens is 1000 g/mol. The molecular formula is C65H125NO13. The number of aliphatic hydroxyl groups excluding tert-OH is 8. The van der Waals surface area contributed by atoms with E-state index in [0.717, 1.165) is 38.5 Å². The van der Waals surface area contributed by atoms with Crippen LogP contribution in [0, 0.1) is 0 Å². The molecule has 0 aromatic rings. The number of ether oxygens (including phenoxy) is 4. The van der Waals surface area contributed by atoms with Gasteiger partial charge in [0.05, 0.1) is 32.0 Å². The molecule has 14 heteroatoms. The van der Waals surface area contributed by atoms with E-state index in [1.54, 1.807) is 6.08 Å². The first-order valence-electron chi connectivity index (χ1n) is 33.4. The Morgan fingerprint density at radius 2 is 0.785 bits per heavy atom. The van der Waals surface area contributed by atoms with Gasteiger partial charge in [0.1, 0.15) is 48.8 Å². The summed E-state index contributed by atoms with van der Waals surface area (Å²) in [6.45, 7) is 2.85. The lowest BCUT2D eigenvalue weighted by molar-refractivity contribution is -0.359. The first kappa shape index (κ1) is 73.8. The Labute approximate surface area is 482 Å². The van der Waals surface area contributed by atoms with Gasteiger partial charge in [0.2, 0.25) is 5.91 Å². The molecule has 79 heavy (non-hydrogen) atoms. The molecule has 14 nitrogen and oxygen atoms in total. The highest BCUT2D eigenvalue weighted by Crippen LogP contribution is 2.30. The van der Waals surface area contributed by atoms with Crippen molar-refractivity contribution in [2.24, 2.45) is 0 Å². The second-order valence-electron chi connectivity index (χ2n) is 24.0. The molecule has 2 aliphatic rings. The zero-order chi connectivity index (χ0) is 57.4. The quantitative estimate of drug-likeness (QED) is 0.0204. The van der Waals surface area contributed by atoms with Crippen LogP contribution in [0.4, 0.5) is 0 Å². The maximum atomic E-state index is 13.3. The lowest BCUT2D eigenvalue weighted by Gasteiger charge is -2.46. The number of carbonyl (C=O) groups excluding carboxylic acids is 1. The molecule has 0 radical (unpaired) electrons. The Morgan fingerprint density at radius 3 is 1.16 bits per heavy atom. The van der Waals surface area contributed by atoms with E-state index >= 15 is 0 Å². The Balaban J connectivity index is 1.67. The Bertz CT molecular complexity index is 1380. The number of aliphatic hydroxyl groups is 8. The molecule has 2 rings (SSSR count). The third-order valence-electron chi connectivity index (χ3n) is 16.7. The van der Waals surface area contributed by atoms with E-state index in [9.17, 15) is 45.6 Å². The van der Waals surface area contributed by atoms with Crippen LogP contribution in [-0.4, -0.2) is 140 Å². The fourth-order valence-corrected chi connectivity index (χ4v) is 11.4. The number of hydrogen-bond acceptors (Lipinski definition) is 13. The average Bonchev–Trinajstić information content (AvgIpc) is 3.48. The molecule has 0 aromatic carbocycles. The predicted molar refractivity (Wildman–Crippen MR) is 319 cm³/mol. The number of hydrogen-bond donors (Lipinski definition) is 9. The van der Waals surface area contributed by atoms with Gasteiger partial charge < -0.3 is 65.1 Å². The van der Waals surface area contributed by atoms with Crippen LogP contribution in [0.15, 0.2) is 12.2 Å². The Morgan fingerprint density at radius 1 is 0.443 bits per heavy atom. The third-order valence-corrected chi connectivity index (χ3v) is 16.7. The molecule has 9 N–H and O–H groups in total. The van der Waals surface area contributed by atoms with Crippen LogP contribution in [0.25, 0.3) is 0 Å². The molecule has 0 aromatic heterocycles. The van der Waals surface area contributed by atoms with Gasteiger partial charge >= 0.3 is 0 Å². The SMILES string of the molecule is CCCCCCCCCCCCCCCCC/C=C/[C@@H](O)[C@H](CO[C@@H]1O[C@H](CO)[C@@H](O[C@@H]2O[C@H](CO)[C@H](O)C(O)C2O)C(O)C1O)NC(=O)CCCCCCCCCCCCCCCCCCCCCCCCCCCCCC. The van der Waals surface area contributed by atoms with Crippen LogP contribution >= 0.6 is 0 Å². The smallest absolute Gasteiger partial charge is 0.220 e. The summed E-state index contributed by atoms with van der Waals surface area (Å²) in [5.41, 5.74) is 0. The summed E-state index contributed by atoms with van der Waals surface area (Å²) in [4.78, 5) is 13.3. The minimum absolute atomic E-state index is 0.232. The van der Waals surface area contributed by atoms with Crippen molar-refractivity contribution in [2.45, 2.75) is 376 Å². The van der Waals surface area contributed by atoms with E-state index in [0.29, 0.717) is 6.42 Å². The number of allylic oxidation sites excluding steroid dienone is 1. The van der Waals surface area contributed by atoms with Crippen molar-refractivity contribution in [1.29, 1.82) is 0 Å². The molecule has 0 spiro atoms. The monoisotopic (exact) mass is 1130 g/mol. The predicted octanol–water partition coefficient (Wildman–Crippen LogP) is 12.6. The van der Waals surface area contributed by atoms with Gasteiger partial charge in [-0.15, -0.1) is 0 Å². The van der Waals surface area contributed by atoms with Gasteiger partial charge in [-0.05, 0) is 19.3 Å². The molecule has 0 aliphatic carbocycles. The minimum atomic E-state index is -1.79. The fraction of sp³-hybridized carbons (Fsp3) is 0.954. The minimum Gasteiger partial charge on any atom is -0.394 e. The molecule has 4 unspecified atom stereocenters. The second-order valence-corrected chi connectivity index (χ2v) is 24.0. The van der Waals surface area contributed by atoms with E-state index in [4.69, 9.17) is 18.9 Å². The van der Waals surface area contributed by atoms with Crippen LogP contribution < -0.4 is 5.32 Å². The van der Waals surface area contributed by atoms with Gasteiger partial charge in [-0.3, -0.25) is 4.79 Å². The molecule has 0 saturated carbocycles. The summed E-state index contributed by atoms with van der Waals surface area (Å²) in [5, 5.41) is 87.3. The number of unbranched alkanes of at least 4 members (excludes halogenated alkanes) is 42. The summed E-state index contributed by atoms with van der Waals surface area (Å²) < 4.78 is 22.8. The highest BCUT2D eigenvalue weighted by atomic mass is 16.7. The fourth-order valence-electron chi connectivity index (χ4n) is 11.4. The standard InChI is InChI=1S/C65H125NO13/c1-3-5-7-9-11-13-15-17-19-21-22-23-24-25-26-27-28-29-30-31-33-35-37-39-41-43-45-47-49-57(70)66-53(54(69)48-46-44-42-40-38-36-34-32-20-18-16-14-12-10-8-6-4-2)52-76-64-62(75)60(73)63(56(51-68)78-64)79-65-61(74)59(72)58(71)55(50-67)77-65/h46,48,53-56,58-65,67-69,71-75H,3-45,47,49-52H2,1-2H3,(H,66,70)/b48-46+/t53-,54+,55+,56+,58-,59?,60?,61?,62?,63+,64+,65-/m0/s1. The summed E-state index contributed by atoms with van der Waals surface area (Å²) >= 11 is 0. The molecule has 2 saturated heterocycles. The zero-order valence-electron chi connectivity index (χ0n) is 50.6. The van der Waals surface area contributed by atoms with E-state index in [-0.39, 0.29) is 18.9 Å². The van der Waals surface area contributed by atoms with E-state index in [1.807, 2.05) is 6.08 Å². The van der Waals surface area contributed by atoms with Crippen LogP contribution in [-0.2, 0) is 23.7 Å². The van der Waals surface area contributed by atoms with Gasteiger partial charge in [-0.25, -0.2) is 0 Å². The third kappa shape index (κ3) is 36.2. The van der Waals surface area contributed by atoms with Crippen molar-refractivity contribution in [2.75, 3.05) is 19.8 Å². The van der Waals surface area contributed by atoms with E-state index in [2.05, 4.69) is 19.2 Å². The average molecular weight is 1130 g/mol. The largest absolute Gasteiger partial charge is 0.394 e. The first-order chi connectivity index (χ1) is 38.6. The van der Waals surface area contributed by atoms with Gasteiger partial charge in [0.25, 0.3) is 0 Å².